The average molecular weight is 519 g/mol. The number of benzene rings is 1. The molecule has 4 heterocycles. The summed E-state index contributed by atoms with van der Waals surface area (Å²) >= 11 is 0. The molecule has 0 bridgehead atoms. The van der Waals surface area contributed by atoms with Gasteiger partial charge in [-0.15, -0.1) is 0 Å². The molecule has 2 unspecified atom stereocenters. The van der Waals surface area contributed by atoms with E-state index in [9.17, 15) is 14.5 Å². The summed E-state index contributed by atoms with van der Waals surface area (Å²) in [7, 11) is -3.97. The number of hydrogen-bond donors (Lipinski definition) is 3. The summed E-state index contributed by atoms with van der Waals surface area (Å²) < 4.78 is 38.7. The minimum absolute atomic E-state index is 0.0146. The number of aliphatic hydroxyl groups excluding tert-OH is 1. The third-order valence-electron chi connectivity index (χ3n) is 6.71. The van der Waals surface area contributed by atoms with Gasteiger partial charge < -0.3 is 20.1 Å². The van der Waals surface area contributed by atoms with Crippen LogP contribution in [0.5, 0.6) is 0 Å². The number of aromatic nitrogens is 3. The molecule has 12 heteroatoms. The summed E-state index contributed by atoms with van der Waals surface area (Å²) in [6, 6.07) is 11.1. The number of ether oxygens (including phenoxy) is 1. The van der Waals surface area contributed by atoms with E-state index in [2.05, 4.69) is 9.97 Å². The second-order valence-electron chi connectivity index (χ2n) is 9.84. The molecule has 0 radical (unpaired) electrons. The minimum Gasteiger partial charge on any atom is -0.390 e. The lowest BCUT2D eigenvalue weighted by Gasteiger charge is -2.39. The van der Waals surface area contributed by atoms with Crippen LogP contribution in [-0.4, -0.2) is 44.1 Å². The van der Waals surface area contributed by atoms with Crippen molar-refractivity contribution in [2.24, 2.45) is 5.92 Å². The fraction of sp³-hybridized carbons (Fsp3) is 0.500. The number of fused-ring (bicyclic) bond motifs is 1. The number of phosphoric acid groups is 1. The van der Waals surface area contributed by atoms with Crippen LogP contribution in [0, 0.1) is 5.92 Å². The molecular formula is C24H31N4O7P. The van der Waals surface area contributed by atoms with Gasteiger partial charge in [0.1, 0.15) is 12.3 Å². The Kier molecular flexibility index (Phi) is 6.57. The summed E-state index contributed by atoms with van der Waals surface area (Å²) in [6.07, 6.45) is -0.0734. The molecule has 2 aromatic heterocycles. The highest BCUT2D eigenvalue weighted by molar-refractivity contribution is 7.48. The van der Waals surface area contributed by atoms with Gasteiger partial charge in [-0.05, 0) is 31.9 Å². The van der Waals surface area contributed by atoms with E-state index in [0.717, 1.165) is 5.56 Å². The summed E-state index contributed by atoms with van der Waals surface area (Å²) in [4.78, 5) is 19.0. The van der Waals surface area contributed by atoms with Crippen LogP contribution in [0.25, 0.3) is 11.0 Å². The van der Waals surface area contributed by atoms with E-state index in [4.69, 9.17) is 24.0 Å². The van der Waals surface area contributed by atoms with E-state index >= 15 is 0 Å². The smallest absolute Gasteiger partial charge is 0.390 e. The molecule has 0 spiro atoms. The van der Waals surface area contributed by atoms with Gasteiger partial charge in [0.2, 0.25) is 5.95 Å². The summed E-state index contributed by atoms with van der Waals surface area (Å²) in [5, 5.41) is 11.4. The second kappa shape index (κ2) is 9.41. The van der Waals surface area contributed by atoms with Gasteiger partial charge >= 0.3 is 7.82 Å². The van der Waals surface area contributed by atoms with Crippen LogP contribution in [0.3, 0.4) is 0 Å². The summed E-state index contributed by atoms with van der Waals surface area (Å²) in [5.74, 6) is -0.349. The number of phosphoric ester groups is 1. The van der Waals surface area contributed by atoms with Crippen LogP contribution in [0.2, 0.25) is 0 Å². The van der Waals surface area contributed by atoms with Crippen LogP contribution < -0.4 is 11.3 Å². The van der Waals surface area contributed by atoms with Crippen molar-refractivity contribution in [3.05, 3.63) is 58.5 Å². The Morgan fingerprint density at radius 1 is 1.31 bits per heavy atom. The second-order valence-corrected chi connectivity index (χ2v) is 11.4. The highest BCUT2D eigenvalue weighted by Crippen LogP contribution is 2.61. The van der Waals surface area contributed by atoms with Crippen LogP contribution in [0.4, 0.5) is 5.95 Å². The fourth-order valence-corrected chi connectivity index (χ4v) is 6.67. The zero-order valence-corrected chi connectivity index (χ0v) is 21.3. The van der Waals surface area contributed by atoms with Crippen molar-refractivity contribution in [1.29, 1.82) is 0 Å². The van der Waals surface area contributed by atoms with E-state index in [0.29, 0.717) is 23.9 Å². The van der Waals surface area contributed by atoms with E-state index in [1.807, 2.05) is 51.1 Å². The maximum Gasteiger partial charge on any atom is 0.476 e. The SMILES string of the molecule is CCC1[C@H](O)C(CO[P@@]2(=O)O[C@@H](c3ccccc3)CC(C)(C)O2)O[C@H]1n1ccc2c(=O)[nH]c(N)nc21. The fourth-order valence-electron chi connectivity index (χ4n) is 4.99. The molecule has 1 aromatic carbocycles. The molecule has 11 nitrogen and oxygen atoms in total. The van der Waals surface area contributed by atoms with E-state index in [-0.39, 0.29) is 24.0 Å². The third-order valence-corrected chi connectivity index (χ3v) is 8.40. The third kappa shape index (κ3) is 4.74. The Labute approximate surface area is 208 Å². The lowest BCUT2D eigenvalue weighted by atomic mass is 9.96. The highest BCUT2D eigenvalue weighted by atomic mass is 31.2. The molecule has 3 aromatic rings. The normalized spacial score (nSPS) is 32.2. The van der Waals surface area contributed by atoms with Crippen LogP contribution in [-0.2, 0) is 22.9 Å². The molecule has 194 valence electrons. The van der Waals surface area contributed by atoms with E-state index < -0.39 is 38.0 Å². The van der Waals surface area contributed by atoms with Crippen molar-refractivity contribution in [3.8, 4) is 0 Å². The van der Waals surface area contributed by atoms with Gasteiger partial charge in [0.25, 0.3) is 5.56 Å². The van der Waals surface area contributed by atoms with Crippen molar-refractivity contribution in [2.45, 2.75) is 63.8 Å². The molecule has 2 fully saturated rings. The first-order chi connectivity index (χ1) is 17.1. The number of nitrogen functional groups attached to an aromatic ring is 1. The molecule has 4 N–H and O–H groups in total. The number of hydrogen-bond acceptors (Lipinski definition) is 9. The number of aromatic amines is 1. The van der Waals surface area contributed by atoms with Gasteiger partial charge in [-0.2, -0.15) is 4.98 Å². The molecule has 5 rings (SSSR count). The number of H-pyrrole nitrogens is 1. The molecule has 2 aliphatic heterocycles. The number of rotatable bonds is 6. The number of nitrogens with two attached hydrogens (primary N) is 1. The Morgan fingerprint density at radius 3 is 2.78 bits per heavy atom. The molecule has 36 heavy (non-hydrogen) atoms. The topological polar surface area (TPSA) is 151 Å². The predicted octanol–water partition coefficient (Wildman–Crippen LogP) is 3.67. The molecule has 2 aliphatic rings. The monoisotopic (exact) mass is 518 g/mol. The van der Waals surface area contributed by atoms with Gasteiger partial charge in [0, 0.05) is 18.5 Å². The Morgan fingerprint density at radius 2 is 2.06 bits per heavy atom. The first kappa shape index (κ1) is 25.1. The summed E-state index contributed by atoms with van der Waals surface area (Å²) in [6.45, 7) is 5.39. The van der Waals surface area contributed by atoms with Gasteiger partial charge in [-0.25, -0.2) is 4.57 Å². The number of nitrogens with zero attached hydrogens (tertiary/aromatic N) is 2. The van der Waals surface area contributed by atoms with Crippen molar-refractivity contribution >= 4 is 24.8 Å². The standard InChI is InChI=1S/C24H31N4O7P/c1-4-15-19(29)18(33-22(15)28-11-10-16-20(28)26-23(25)27-21(16)30)13-32-36(31)34-17(12-24(2,3)35-36)14-8-6-5-7-9-14/h5-11,15,17-19,22,29H,4,12-13H2,1-3H3,(H3,25,26,27,30)/t15?,17-,18?,19+,22-,36+/m1/s1. The highest BCUT2D eigenvalue weighted by Gasteiger charge is 2.48. The van der Waals surface area contributed by atoms with Gasteiger partial charge in [0.15, 0.2) is 5.65 Å². The number of anilines is 1. The van der Waals surface area contributed by atoms with Crippen LogP contribution in [0.15, 0.2) is 47.4 Å². The lowest BCUT2D eigenvalue weighted by molar-refractivity contribution is -0.0789. The van der Waals surface area contributed by atoms with E-state index in [1.165, 1.54) is 0 Å². The maximum absolute atomic E-state index is 13.5. The van der Waals surface area contributed by atoms with Crippen molar-refractivity contribution < 1.29 is 28.0 Å². The molecule has 2 saturated heterocycles. The van der Waals surface area contributed by atoms with Crippen molar-refractivity contribution in [2.75, 3.05) is 12.3 Å². The van der Waals surface area contributed by atoms with Gasteiger partial charge in [-0.3, -0.25) is 23.3 Å². The molecule has 6 atom stereocenters. The van der Waals surface area contributed by atoms with Crippen LogP contribution in [0.1, 0.15) is 51.5 Å². The van der Waals surface area contributed by atoms with Gasteiger partial charge in [-0.1, -0.05) is 37.3 Å². The minimum atomic E-state index is -3.97. The lowest BCUT2D eigenvalue weighted by Crippen LogP contribution is -2.34. The zero-order valence-electron chi connectivity index (χ0n) is 20.4. The number of aliphatic hydroxyl groups is 1. The Balaban J connectivity index is 1.35. The predicted molar refractivity (Wildman–Crippen MR) is 132 cm³/mol. The molecular weight excluding hydrogens is 487 g/mol. The molecule has 0 saturated carbocycles. The van der Waals surface area contributed by atoms with Gasteiger partial charge in [0.05, 0.1) is 29.8 Å². The molecule has 0 amide bonds. The van der Waals surface area contributed by atoms with Crippen LogP contribution >= 0.6 is 7.82 Å². The maximum atomic E-state index is 13.5. The summed E-state index contributed by atoms with van der Waals surface area (Å²) in [5.41, 5.74) is 5.87. The van der Waals surface area contributed by atoms with Crippen molar-refractivity contribution in [3.63, 3.8) is 0 Å². The first-order valence-electron chi connectivity index (χ1n) is 12.0. The largest absolute Gasteiger partial charge is 0.476 e. The average Bonchev–Trinajstić information content (AvgIpc) is 3.37. The molecule has 0 aliphatic carbocycles. The zero-order chi connectivity index (χ0) is 25.7. The Hall–Kier alpha value is -2.53. The van der Waals surface area contributed by atoms with E-state index in [1.54, 1.807) is 16.8 Å². The first-order valence-corrected chi connectivity index (χ1v) is 13.4. The Bertz CT molecular complexity index is 1340. The quantitative estimate of drug-likeness (QED) is 0.415. The number of nitrogens with one attached hydrogen (secondary N) is 1. The van der Waals surface area contributed by atoms with Crippen molar-refractivity contribution in [1.82, 2.24) is 14.5 Å².